The van der Waals surface area contributed by atoms with Crippen LogP contribution in [0.15, 0.2) is 24.3 Å². The molecule has 1 heterocycles. The van der Waals surface area contributed by atoms with E-state index in [1.807, 2.05) is 43.7 Å². The van der Waals surface area contributed by atoms with Gasteiger partial charge in [0.05, 0.1) is 7.11 Å². The fraction of sp³-hybridized carbons (Fsp3) is 0.312. The van der Waals surface area contributed by atoms with Crippen molar-refractivity contribution in [1.29, 1.82) is 5.26 Å². The summed E-state index contributed by atoms with van der Waals surface area (Å²) in [7, 11) is 3.58. The van der Waals surface area contributed by atoms with Gasteiger partial charge in [0, 0.05) is 25.0 Å². The average Bonchev–Trinajstić information content (AvgIpc) is 2.72. The first-order chi connectivity index (χ1) is 9.56. The second-order valence-corrected chi connectivity index (χ2v) is 4.85. The number of rotatable bonds is 4. The third-order valence-corrected chi connectivity index (χ3v) is 3.63. The largest absolute Gasteiger partial charge is 0.496 e. The standard InChI is InChI=1S/C16H19N3O/c1-11-7-14(5-6-16(11)20-4)18-10-13-8-15(9-17)19(3)12(13)2/h5-8,18H,10H2,1-4H3. The van der Waals surface area contributed by atoms with Gasteiger partial charge in [-0.2, -0.15) is 5.26 Å². The monoisotopic (exact) mass is 269 g/mol. The summed E-state index contributed by atoms with van der Waals surface area (Å²) in [6, 6.07) is 10.1. The Balaban J connectivity index is 2.13. The van der Waals surface area contributed by atoms with E-state index in [9.17, 15) is 0 Å². The van der Waals surface area contributed by atoms with Crippen molar-refractivity contribution in [3.8, 4) is 11.8 Å². The van der Waals surface area contributed by atoms with Gasteiger partial charge in [-0.3, -0.25) is 0 Å². The van der Waals surface area contributed by atoms with E-state index >= 15 is 0 Å². The van der Waals surface area contributed by atoms with Crippen LogP contribution < -0.4 is 10.1 Å². The molecule has 0 aliphatic heterocycles. The first-order valence-corrected chi connectivity index (χ1v) is 6.50. The van der Waals surface area contributed by atoms with Crippen LogP contribution in [0.3, 0.4) is 0 Å². The lowest BCUT2D eigenvalue weighted by Crippen LogP contribution is -2.02. The predicted octanol–water partition coefficient (Wildman–Crippen LogP) is 3.13. The predicted molar refractivity (Wildman–Crippen MR) is 79.9 cm³/mol. The van der Waals surface area contributed by atoms with E-state index in [0.717, 1.165) is 28.3 Å². The number of ether oxygens (including phenoxy) is 1. The van der Waals surface area contributed by atoms with Gasteiger partial charge in [-0.05, 0) is 49.2 Å². The molecule has 2 rings (SSSR count). The first kappa shape index (κ1) is 14.0. The van der Waals surface area contributed by atoms with Crippen LogP contribution in [0.5, 0.6) is 5.75 Å². The van der Waals surface area contributed by atoms with Crippen LogP contribution in [0.25, 0.3) is 0 Å². The van der Waals surface area contributed by atoms with Crippen LogP contribution in [0.4, 0.5) is 5.69 Å². The Morgan fingerprint density at radius 3 is 2.60 bits per heavy atom. The molecule has 1 aromatic heterocycles. The molecule has 0 bridgehead atoms. The zero-order valence-electron chi connectivity index (χ0n) is 12.3. The van der Waals surface area contributed by atoms with Crippen molar-refractivity contribution in [2.24, 2.45) is 7.05 Å². The fourth-order valence-electron chi connectivity index (χ4n) is 2.23. The second-order valence-electron chi connectivity index (χ2n) is 4.85. The fourth-order valence-corrected chi connectivity index (χ4v) is 2.23. The third kappa shape index (κ3) is 2.62. The van der Waals surface area contributed by atoms with Gasteiger partial charge < -0.3 is 14.6 Å². The Hall–Kier alpha value is -2.41. The van der Waals surface area contributed by atoms with Crippen molar-refractivity contribution < 1.29 is 4.74 Å². The number of nitrogens with one attached hydrogen (secondary N) is 1. The van der Waals surface area contributed by atoms with Gasteiger partial charge in [0.1, 0.15) is 17.5 Å². The summed E-state index contributed by atoms with van der Waals surface area (Å²) in [4.78, 5) is 0. The van der Waals surface area contributed by atoms with E-state index in [4.69, 9.17) is 10.00 Å². The van der Waals surface area contributed by atoms with Gasteiger partial charge in [-0.1, -0.05) is 0 Å². The number of nitrogens with zero attached hydrogens (tertiary/aromatic N) is 2. The average molecular weight is 269 g/mol. The van der Waals surface area contributed by atoms with E-state index in [0.29, 0.717) is 12.2 Å². The topological polar surface area (TPSA) is 50.0 Å². The molecule has 1 aromatic carbocycles. The molecule has 20 heavy (non-hydrogen) atoms. The van der Waals surface area contributed by atoms with E-state index in [2.05, 4.69) is 17.5 Å². The molecule has 4 nitrogen and oxygen atoms in total. The number of aryl methyl sites for hydroxylation is 1. The van der Waals surface area contributed by atoms with Crippen LogP contribution in [0, 0.1) is 25.2 Å². The van der Waals surface area contributed by atoms with Gasteiger partial charge in [0.2, 0.25) is 0 Å². The van der Waals surface area contributed by atoms with Gasteiger partial charge in [0.25, 0.3) is 0 Å². The number of nitriles is 1. The molecule has 0 fully saturated rings. The molecule has 2 aromatic rings. The highest BCUT2D eigenvalue weighted by Gasteiger charge is 2.08. The molecule has 0 amide bonds. The van der Waals surface area contributed by atoms with Crippen LogP contribution in [0.2, 0.25) is 0 Å². The number of anilines is 1. The van der Waals surface area contributed by atoms with E-state index in [-0.39, 0.29) is 0 Å². The number of aromatic nitrogens is 1. The summed E-state index contributed by atoms with van der Waals surface area (Å²) in [5, 5.41) is 12.4. The summed E-state index contributed by atoms with van der Waals surface area (Å²) in [5.41, 5.74) is 5.08. The number of hydrogen-bond donors (Lipinski definition) is 1. The van der Waals surface area contributed by atoms with Crippen molar-refractivity contribution in [2.75, 3.05) is 12.4 Å². The minimum atomic E-state index is 0.685. The molecule has 0 aliphatic rings. The molecule has 0 saturated heterocycles. The Morgan fingerprint density at radius 2 is 2.05 bits per heavy atom. The summed E-state index contributed by atoms with van der Waals surface area (Å²) in [6.07, 6.45) is 0. The van der Waals surface area contributed by atoms with Crippen LogP contribution in [0.1, 0.15) is 22.5 Å². The second kappa shape index (κ2) is 5.70. The molecule has 0 saturated carbocycles. The quantitative estimate of drug-likeness (QED) is 0.927. The smallest absolute Gasteiger partial charge is 0.121 e. The van der Waals surface area contributed by atoms with E-state index in [1.165, 1.54) is 0 Å². The van der Waals surface area contributed by atoms with Crippen LogP contribution in [-0.4, -0.2) is 11.7 Å². The van der Waals surface area contributed by atoms with E-state index < -0.39 is 0 Å². The normalized spacial score (nSPS) is 10.2. The van der Waals surface area contributed by atoms with Gasteiger partial charge in [0.15, 0.2) is 0 Å². The summed E-state index contributed by atoms with van der Waals surface area (Å²) in [5.74, 6) is 0.887. The van der Waals surface area contributed by atoms with Gasteiger partial charge in [-0.15, -0.1) is 0 Å². The molecule has 0 spiro atoms. The lowest BCUT2D eigenvalue weighted by Gasteiger charge is -2.10. The Kier molecular flexibility index (Phi) is 3.99. The van der Waals surface area contributed by atoms with Crippen LogP contribution >= 0.6 is 0 Å². The highest BCUT2D eigenvalue weighted by atomic mass is 16.5. The number of benzene rings is 1. The SMILES string of the molecule is COc1ccc(NCc2cc(C#N)n(C)c2C)cc1C. The van der Waals surface area contributed by atoms with E-state index in [1.54, 1.807) is 7.11 Å². The highest BCUT2D eigenvalue weighted by Crippen LogP contribution is 2.22. The van der Waals surface area contributed by atoms with Crippen LogP contribution in [-0.2, 0) is 13.6 Å². The summed E-state index contributed by atoms with van der Waals surface area (Å²) in [6.45, 7) is 4.75. The van der Waals surface area contributed by atoms with Gasteiger partial charge >= 0.3 is 0 Å². The molecule has 104 valence electrons. The zero-order chi connectivity index (χ0) is 14.7. The molecule has 0 radical (unpaired) electrons. The summed E-state index contributed by atoms with van der Waals surface area (Å²) >= 11 is 0. The Labute approximate surface area is 119 Å². The molecular formula is C16H19N3O. The molecule has 0 atom stereocenters. The lowest BCUT2D eigenvalue weighted by atomic mass is 10.2. The maximum absolute atomic E-state index is 9.03. The van der Waals surface area contributed by atoms with Crippen molar-refractivity contribution in [3.05, 3.63) is 46.8 Å². The minimum absolute atomic E-state index is 0.685. The maximum atomic E-state index is 9.03. The van der Waals surface area contributed by atoms with Crippen molar-refractivity contribution in [3.63, 3.8) is 0 Å². The Morgan fingerprint density at radius 1 is 1.30 bits per heavy atom. The van der Waals surface area contributed by atoms with Crippen molar-refractivity contribution in [1.82, 2.24) is 4.57 Å². The molecule has 4 heteroatoms. The summed E-state index contributed by atoms with van der Waals surface area (Å²) < 4.78 is 7.16. The number of hydrogen-bond acceptors (Lipinski definition) is 3. The molecular weight excluding hydrogens is 250 g/mol. The van der Waals surface area contributed by atoms with Crippen molar-refractivity contribution >= 4 is 5.69 Å². The van der Waals surface area contributed by atoms with Gasteiger partial charge in [-0.25, -0.2) is 0 Å². The minimum Gasteiger partial charge on any atom is -0.496 e. The highest BCUT2D eigenvalue weighted by molar-refractivity contribution is 5.51. The third-order valence-electron chi connectivity index (χ3n) is 3.63. The molecule has 0 unspecified atom stereocenters. The zero-order valence-corrected chi connectivity index (χ0v) is 12.3. The number of methoxy groups -OCH3 is 1. The Bertz CT molecular complexity index is 665. The maximum Gasteiger partial charge on any atom is 0.121 e. The molecule has 1 N–H and O–H groups in total. The molecule has 0 aliphatic carbocycles. The first-order valence-electron chi connectivity index (χ1n) is 6.50. The lowest BCUT2D eigenvalue weighted by molar-refractivity contribution is 0.412. The van der Waals surface area contributed by atoms with Crippen molar-refractivity contribution in [2.45, 2.75) is 20.4 Å².